The molecule has 1 N–H and O–H groups in total. The van der Waals surface area contributed by atoms with E-state index < -0.39 is 4.92 Å². The highest BCUT2D eigenvalue weighted by Gasteiger charge is 2.19. The topological polar surface area (TPSA) is 103 Å². The van der Waals surface area contributed by atoms with E-state index in [4.69, 9.17) is 21.3 Å². The quantitative estimate of drug-likeness (QED) is 0.170. The van der Waals surface area contributed by atoms with E-state index in [-0.39, 0.29) is 11.2 Å². The fourth-order valence-electron chi connectivity index (χ4n) is 3.71. The molecular weight excluding hydrogens is 468 g/mol. The summed E-state index contributed by atoms with van der Waals surface area (Å²) in [5.74, 6) is 1.15. The van der Waals surface area contributed by atoms with Crippen molar-refractivity contribution >= 4 is 28.7 Å². The third kappa shape index (κ3) is 5.33. The van der Waals surface area contributed by atoms with Crippen LogP contribution in [0.3, 0.4) is 0 Å². The summed E-state index contributed by atoms with van der Waals surface area (Å²) < 4.78 is 7.38. The lowest BCUT2D eigenvalue weighted by Gasteiger charge is -2.10. The molecule has 4 aromatic rings. The Morgan fingerprint density at radius 2 is 1.83 bits per heavy atom. The fourth-order valence-corrected chi connectivity index (χ4v) is 3.87. The van der Waals surface area contributed by atoms with E-state index in [0.29, 0.717) is 45.6 Å². The van der Waals surface area contributed by atoms with Crippen molar-refractivity contribution in [3.63, 3.8) is 0 Å². The van der Waals surface area contributed by atoms with Crippen LogP contribution in [0.25, 0.3) is 5.69 Å². The van der Waals surface area contributed by atoms with Crippen molar-refractivity contribution < 1.29 is 9.66 Å². The van der Waals surface area contributed by atoms with E-state index in [1.165, 1.54) is 28.9 Å². The van der Waals surface area contributed by atoms with Gasteiger partial charge in [0.15, 0.2) is 5.75 Å². The van der Waals surface area contributed by atoms with E-state index in [1.807, 2.05) is 37.3 Å². The van der Waals surface area contributed by atoms with Gasteiger partial charge in [-0.3, -0.25) is 20.0 Å². The second kappa shape index (κ2) is 10.4. The minimum atomic E-state index is -0.480. The second-order valence-electron chi connectivity index (χ2n) is 7.85. The number of H-pyrrole nitrogens is 1. The van der Waals surface area contributed by atoms with Gasteiger partial charge in [0.05, 0.1) is 21.9 Å². The first-order valence-corrected chi connectivity index (χ1v) is 11.4. The SMILES string of the molecule is CCCc1[nH]n(-c2ccc([N+](=O)[O-])cc2)c(=O)c1C(C)=Nc1cc(Cl)ccc1Oc1ccccc1. The number of nitro benzene ring substituents is 1. The van der Waals surface area contributed by atoms with Crippen LogP contribution in [-0.2, 0) is 6.42 Å². The molecule has 1 aromatic heterocycles. The van der Waals surface area contributed by atoms with Crippen molar-refractivity contribution in [2.24, 2.45) is 4.99 Å². The molecule has 1 heterocycles. The molecule has 178 valence electrons. The molecule has 0 aliphatic carbocycles. The summed E-state index contributed by atoms with van der Waals surface area (Å²) in [6.45, 7) is 3.78. The number of nitrogens with zero attached hydrogens (tertiary/aromatic N) is 3. The van der Waals surface area contributed by atoms with Gasteiger partial charge in [-0.1, -0.05) is 43.1 Å². The Bertz CT molecular complexity index is 1440. The number of aliphatic imine (C=N–C) groups is 1. The van der Waals surface area contributed by atoms with Gasteiger partial charge in [0, 0.05) is 22.8 Å². The number of hydrogen-bond donors (Lipinski definition) is 1. The number of aryl methyl sites for hydroxylation is 1. The average molecular weight is 491 g/mol. The first-order chi connectivity index (χ1) is 16.9. The molecule has 0 aliphatic heterocycles. The summed E-state index contributed by atoms with van der Waals surface area (Å²) in [5, 5.41) is 14.6. The lowest BCUT2D eigenvalue weighted by molar-refractivity contribution is -0.384. The van der Waals surface area contributed by atoms with Crippen LogP contribution in [0, 0.1) is 10.1 Å². The molecule has 0 atom stereocenters. The number of aromatic nitrogens is 2. The number of non-ortho nitro benzene ring substituents is 1. The smallest absolute Gasteiger partial charge is 0.280 e. The number of benzene rings is 3. The molecule has 3 aromatic carbocycles. The maximum absolute atomic E-state index is 13.4. The number of halogens is 1. The van der Waals surface area contributed by atoms with Gasteiger partial charge in [0.25, 0.3) is 11.2 Å². The zero-order chi connectivity index (χ0) is 24.9. The molecule has 0 bridgehead atoms. The Hall–Kier alpha value is -4.17. The summed E-state index contributed by atoms with van der Waals surface area (Å²) in [6, 6.07) is 20.2. The largest absolute Gasteiger partial charge is 0.455 e. The van der Waals surface area contributed by atoms with Crippen molar-refractivity contribution in [2.45, 2.75) is 26.7 Å². The van der Waals surface area contributed by atoms with Crippen LogP contribution in [0.5, 0.6) is 11.5 Å². The maximum atomic E-state index is 13.4. The number of aromatic amines is 1. The van der Waals surface area contributed by atoms with Gasteiger partial charge in [-0.15, -0.1) is 0 Å². The van der Waals surface area contributed by atoms with Crippen LogP contribution in [0.4, 0.5) is 11.4 Å². The number of ether oxygens (including phenoxy) is 1. The van der Waals surface area contributed by atoms with Crippen LogP contribution in [-0.4, -0.2) is 20.4 Å². The number of para-hydroxylation sites is 1. The van der Waals surface area contributed by atoms with Crippen molar-refractivity contribution in [3.8, 4) is 17.2 Å². The molecule has 0 amide bonds. The van der Waals surface area contributed by atoms with E-state index in [2.05, 4.69) is 5.10 Å². The molecule has 0 fully saturated rings. The molecule has 0 aliphatic rings. The molecule has 0 saturated carbocycles. The minimum absolute atomic E-state index is 0.0491. The third-order valence-corrected chi connectivity index (χ3v) is 5.56. The van der Waals surface area contributed by atoms with Crippen LogP contribution in [0.15, 0.2) is 82.6 Å². The van der Waals surface area contributed by atoms with Gasteiger partial charge in [0.1, 0.15) is 11.4 Å². The van der Waals surface area contributed by atoms with Gasteiger partial charge in [0.2, 0.25) is 0 Å². The molecule has 35 heavy (non-hydrogen) atoms. The molecular formula is C26H23ClN4O4. The summed E-state index contributed by atoms with van der Waals surface area (Å²) in [6.07, 6.45) is 1.43. The standard InChI is InChI=1S/C26H23ClN4O4/c1-3-7-22-25(26(32)30(29-22)19-11-13-20(14-12-19)31(33)34)17(2)28-23-16-18(27)10-15-24(23)35-21-8-5-4-6-9-21/h4-6,8-16,29H,3,7H2,1-2H3. The molecule has 0 radical (unpaired) electrons. The van der Waals surface area contributed by atoms with Crippen molar-refractivity contribution in [2.75, 3.05) is 0 Å². The fraction of sp³-hybridized carbons (Fsp3) is 0.154. The lowest BCUT2D eigenvalue weighted by Crippen LogP contribution is -2.19. The summed E-state index contributed by atoms with van der Waals surface area (Å²) in [7, 11) is 0. The van der Waals surface area contributed by atoms with Gasteiger partial charge in [-0.05, 0) is 55.8 Å². The summed E-state index contributed by atoms with van der Waals surface area (Å²) in [5.41, 5.74) is 2.30. The first kappa shape index (κ1) is 24.0. The molecule has 4 rings (SSSR count). The van der Waals surface area contributed by atoms with E-state index in [9.17, 15) is 14.9 Å². The van der Waals surface area contributed by atoms with Crippen molar-refractivity contribution in [1.82, 2.24) is 9.78 Å². The third-order valence-electron chi connectivity index (χ3n) is 5.33. The van der Waals surface area contributed by atoms with Crippen LogP contribution >= 0.6 is 11.6 Å². The van der Waals surface area contributed by atoms with Gasteiger partial charge in [-0.25, -0.2) is 9.67 Å². The normalized spacial score (nSPS) is 11.5. The summed E-state index contributed by atoms with van der Waals surface area (Å²) >= 11 is 6.24. The van der Waals surface area contributed by atoms with Crippen LogP contribution in [0.1, 0.15) is 31.5 Å². The molecule has 8 nitrogen and oxygen atoms in total. The van der Waals surface area contributed by atoms with Gasteiger partial charge < -0.3 is 4.74 Å². The van der Waals surface area contributed by atoms with E-state index in [1.54, 1.807) is 25.1 Å². The van der Waals surface area contributed by atoms with Crippen molar-refractivity contribution in [1.29, 1.82) is 0 Å². The maximum Gasteiger partial charge on any atom is 0.280 e. The number of rotatable bonds is 8. The van der Waals surface area contributed by atoms with Crippen LogP contribution < -0.4 is 10.3 Å². The molecule has 0 spiro atoms. The highest BCUT2D eigenvalue weighted by Crippen LogP contribution is 2.34. The minimum Gasteiger partial charge on any atom is -0.455 e. The second-order valence-corrected chi connectivity index (χ2v) is 8.29. The van der Waals surface area contributed by atoms with Gasteiger partial charge >= 0.3 is 0 Å². The zero-order valence-electron chi connectivity index (χ0n) is 19.2. The lowest BCUT2D eigenvalue weighted by atomic mass is 10.1. The Balaban J connectivity index is 1.77. The van der Waals surface area contributed by atoms with E-state index >= 15 is 0 Å². The monoisotopic (exact) mass is 490 g/mol. The van der Waals surface area contributed by atoms with Crippen LogP contribution in [0.2, 0.25) is 5.02 Å². The summed E-state index contributed by atoms with van der Waals surface area (Å²) in [4.78, 5) is 28.6. The zero-order valence-corrected chi connectivity index (χ0v) is 20.0. The van der Waals surface area contributed by atoms with Crippen molar-refractivity contribution in [3.05, 3.63) is 110 Å². The molecule has 9 heteroatoms. The Kier molecular flexibility index (Phi) is 7.12. The van der Waals surface area contributed by atoms with E-state index in [0.717, 1.165) is 12.1 Å². The first-order valence-electron chi connectivity index (χ1n) is 11.0. The Morgan fingerprint density at radius 1 is 1.11 bits per heavy atom. The number of nitrogens with one attached hydrogen (secondary N) is 1. The molecule has 0 unspecified atom stereocenters. The Morgan fingerprint density at radius 3 is 2.49 bits per heavy atom. The number of hydrogen-bond acceptors (Lipinski definition) is 5. The predicted molar refractivity (Wildman–Crippen MR) is 137 cm³/mol. The Labute approximate surface area is 206 Å². The highest BCUT2D eigenvalue weighted by molar-refractivity contribution is 6.31. The average Bonchev–Trinajstić information content (AvgIpc) is 3.17. The van der Waals surface area contributed by atoms with Gasteiger partial charge in [-0.2, -0.15) is 0 Å². The number of nitro groups is 1. The predicted octanol–water partition coefficient (Wildman–Crippen LogP) is 6.61. The molecule has 0 saturated heterocycles. The highest BCUT2D eigenvalue weighted by atomic mass is 35.5.